The first-order chi connectivity index (χ1) is 10.4. The Hall–Kier alpha value is -1.59. The fourth-order valence-electron chi connectivity index (χ4n) is 3.18. The van der Waals surface area contributed by atoms with E-state index in [1.165, 1.54) is 28.4 Å². The van der Waals surface area contributed by atoms with Gasteiger partial charge in [-0.05, 0) is 23.6 Å². The lowest BCUT2D eigenvalue weighted by atomic mass is 10.1. The molecule has 0 spiro atoms. The Morgan fingerprint density at radius 3 is 2.90 bits per heavy atom. The van der Waals surface area contributed by atoms with Crippen molar-refractivity contribution in [1.82, 2.24) is 9.88 Å². The van der Waals surface area contributed by atoms with E-state index in [9.17, 15) is 0 Å². The lowest BCUT2D eigenvalue weighted by molar-refractivity contribution is 0.250. The van der Waals surface area contributed by atoms with E-state index in [0.29, 0.717) is 0 Å². The molecule has 0 radical (unpaired) electrons. The molecule has 2 aliphatic heterocycles. The minimum atomic E-state index is 1.07. The first-order valence-corrected chi connectivity index (χ1v) is 8.49. The van der Waals surface area contributed by atoms with E-state index in [2.05, 4.69) is 43.7 Å². The molecule has 0 bridgehead atoms. The van der Waals surface area contributed by atoms with Gasteiger partial charge >= 0.3 is 0 Å². The van der Waals surface area contributed by atoms with Gasteiger partial charge in [0.1, 0.15) is 0 Å². The fraction of sp³-hybridized carbons (Fsp3) is 0.438. The quantitative estimate of drug-likeness (QED) is 0.943. The number of hydrogen-bond donors (Lipinski definition) is 1. The number of hydrogen-bond acceptors (Lipinski definition) is 5. The molecule has 1 saturated heterocycles. The summed E-state index contributed by atoms with van der Waals surface area (Å²) in [4.78, 5) is 9.35. The van der Waals surface area contributed by atoms with Crippen LogP contribution < -0.4 is 10.2 Å². The van der Waals surface area contributed by atoms with Crippen LogP contribution in [0.15, 0.2) is 29.8 Å². The van der Waals surface area contributed by atoms with Crippen LogP contribution in [0.5, 0.6) is 0 Å². The van der Waals surface area contributed by atoms with Crippen molar-refractivity contribution in [2.45, 2.75) is 13.0 Å². The smallest absolute Gasteiger partial charge is 0.185 e. The monoisotopic (exact) mass is 300 g/mol. The summed E-state index contributed by atoms with van der Waals surface area (Å²) >= 11 is 1.74. The summed E-state index contributed by atoms with van der Waals surface area (Å²) in [5.41, 5.74) is 4.25. The lowest BCUT2D eigenvalue weighted by Gasteiger charge is -2.34. The molecular weight excluding hydrogens is 280 g/mol. The zero-order valence-electron chi connectivity index (χ0n) is 12.1. The Morgan fingerprint density at radius 2 is 2.10 bits per heavy atom. The normalized spacial score (nSPS) is 18.6. The van der Waals surface area contributed by atoms with E-state index in [1.54, 1.807) is 11.3 Å². The summed E-state index contributed by atoms with van der Waals surface area (Å²) in [6.07, 6.45) is 3.06. The second kappa shape index (κ2) is 5.66. The van der Waals surface area contributed by atoms with E-state index >= 15 is 0 Å². The number of piperazine rings is 1. The van der Waals surface area contributed by atoms with Crippen LogP contribution in [0.3, 0.4) is 0 Å². The molecule has 1 aromatic carbocycles. The largest absolute Gasteiger partial charge is 0.384 e. The van der Waals surface area contributed by atoms with Gasteiger partial charge in [0.2, 0.25) is 0 Å². The first-order valence-electron chi connectivity index (χ1n) is 7.61. The van der Waals surface area contributed by atoms with E-state index in [-0.39, 0.29) is 0 Å². The summed E-state index contributed by atoms with van der Waals surface area (Å²) in [5, 5.41) is 6.65. The van der Waals surface area contributed by atoms with Gasteiger partial charge < -0.3 is 10.2 Å². The van der Waals surface area contributed by atoms with Crippen molar-refractivity contribution in [3.63, 3.8) is 0 Å². The molecule has 0 saturated carbocycles. The van der Waals surface area contributed by atoms with Crippen molar-refractivity contribution in [3.05, 3.63) is 40.9 Å². The van der Waals surface area contributed by atoms with Gasteiger partial charge in [0, 0.05) is 56.5 Å². The predicted molar refractivity (Wildman–Crippen MR) is 88.2 cm³/mol. The molecule has 0 amide bonds. The fourth-order valence-corrected chi connectivity index (χ4v) is 3.88. The highest BCUT2D eigenvalue weighted by Gasteiger charge is 2.19. The van der Waals surface area contributed by atoms with Gasteiger partial charge in [-0.1, -0.05) is 12.1 Å². The van der Waals surface area contributed by atoms with Crippen LogP contribution in [0.25, 0.3) is 0 Å². The number of aromatic nitrogens is 1. The van der Waals surface area contributed by atoms with Crippen molar-refractivity contribution in [3.8, 4) is 0 Å². The molecule has 2 aliphatic rings. The maximum absolute atomic E-state index is 4.41. The van der Waals surface area contributed by atoms with Crippen molar-refractivity contribution in [2.75, 3.05) is 42.9 Å². The minimum absolute atomic E-state index is 1.07. The third-order valence-corrected chi connectivity index (χ3v) is 5.18. The molecule has 3 heterocycles. The van der Waals surface area contributed by atoms with Gasteiger partial charge in [-0.3, -0.25) is 4.90 Å². The van der Waals surface area contributed by atoms with Crippen molar-refractivity contribution in [1.29, 1.82) is 0 Å². The molecule has 1 aromatic heterocycles. The number of fused-ring (bicyclic) bond motifs is 1. The highest BCUT2D eigenvalue weighted by atomic mass is 32.1. The van der Waals surface area contributed by atoms with Crippen LogP contribution in [0.1, 0.15) is 11.1 Å². The number of nitrogens with zero attached hydrogens (tertiary/aromatic N) is 3. The third kappa shape index (κ3) is 2.76. The van der Waals surface area contributed by atoms with Crippen LogP contribution in [0, 0.1) is 0 Å². The second-order valence-electron chi connectivity index (χ2n) is 5.75. The average Bonchev–Trinajstić information content (AvgIpc) is 3.19. The maximum atomic E-state index is 4.41. The molecule has 4 rings (SSSR count). The van der Waals surface area contributed by atoms with Gasteiger partial charge in [-0.25, -0.2) is 4.98 Å². The molecular formula is C16H20N4S. The molecule has 0 aliphatic carbocycles. The number of thiazole rings is 1. The number of benzene rings is 1. The van der Waals surface area contributed by atoms with Crippen LogP contribution in [-0.4, -0.2) is 42.6 Å². The van der Waals surface area contributed by atoms with Crippen LogP contribution in [-0.2, 0) is 13.0 Å². The highest BCUT2D eigenvalue weighted by molar-refractivity contribution is 7.13. The van der Waals surface area contributed by atoms with Gasteiger partial charge in [0.05, 0.1) is 0 Å². The molecule has 4 nitrogen and oxygen atoms in total. The summed E-state index contributed by atoms with van der Waals surface area (Å²) < 4.78 is 0. The highest BCUT2D eigenvalue weighted by Crippen LogP contribution is 2.24. The zero-order chi connectivity index (χ0) is 14.1. The molecule has 1 N–H and O–H groups in total. The maximum Gasteiger partial charge on any atom is 0.185 e. The average molecular weight is 300 g/mol. The van der Waals surface area contributed by atoms with Gasteiger partial charge in [0.25, 0.3) is 0 Å². The number of anilines is 2. The minimum Gasteiger partial charge on any atom is -0.384 e. The number of nitrogens with one attached hydrogen (secondary N) is 1. The summed E-state index contributed by atoms with van der Waals surface area (Å²) in [6.45, 7) is 6.56. The molecule has 110 valence electrons. The molecule has 2 aromatic rings. The Labute approximate surface area is 129 Å². The van der Waals surface area contributed by atoms with Crippen molar-refractivity contribution >= 4 is 22.2 Å². The Morgan fingerprint density at radius 1 is 1.19 bits per heavy atom. The first kappa shape index (κ1) is 13.1. The summed E-state index contributed by atoms with van der Waals surface area (Å²) in [5.74, 6) is 0. The van der Waals surface area contributed by atoms with Crippen molar-refractivity contribution in [2.24, 2.45) is 0 Å². The van der Waals surface area contributed by atoms with Gasteiger partial charge in [-0.15, -0.1) is 11.3 Å². The van der Waals surface area contributed by atoms with E-state index < -0.39 is 0 Å². The predicted octanol–water partition coefficient (Wildman–Crippen LogP) is 2.43. The Kier molecular flexibility index (Phi) is 3.53. The topological polar surface area (TPSA) is 31.4 Å². The molecule has 21 heavy (non-hydrogen) atoms. The second-order valence-corrected chi connectivity index (χ2v) is 6.62. The van der Waals surface area contributed by atoms with Gasteiger partial charge in [0.15, 0.2) is 5.13 Å². The zero-order valence-corrected chi connectivity index (χ0v) is 12.9. The molecule has 0 unspecified atom stereocenters. The third-order valence-electron chi connectivity index (χ3n) is 4.35. The molecule has 0 atom stereocenters. The van der Waals surface area contributed by atoms with Crippen LogP contribution >= 0.6 is 11.3 Å². The summed E-state index contributed by atoms with van der Waals surface area (Å²) in [7, 11) is 0. The number of rotatable bonds is 3. The van der Waals surface area contributed by atoms with Gasteiger partial charge in [-0.2, -0.15) is 0 Å². The molecule has 5 heteroatoms. The lowest BCUT2D eigenvalue weighted by Crippen LogP contribution is -2.45. The van der Waals surface area contributed by atoms with E-state index in [0.717, 1.165) is 39.3 Å². The van der Waals surface area contributed by atoms with E-state index in [1.807, 2.05) is 6.20 Å². The van der Waals surface area contributed by atoms with Crippen LogP contribution in [0.2, 0.25) is 0 Å². The van der Waals surface area contributed by atoms with E-state index in [4.69, 9.17) is 0 Å². The SMILES string of the molecule is c1csc(N2CCN(Cc3ccc4c(c3)CCN4)CC2)n1. The molecule has 1 fully saturated rings. The Bertz CT molecular complexity index is 603. The van der Waals surface area contributed by atoms with Crippen molar-refractivity contribution < 1.29 is 0 Å². The Balaban J connectivity index is 1.36. The standard InChI is InChI=1S/C16H20N4S/c1-2-15-14(3-4-17-15)11-13(1)12-19-6-8-20(9-7-19)16-18-5-10-21-16/h1-2,5,10-11,17H,3-4,6-9,12H2. The summed E-state index contributed by atoms with van der Waals surface area (Å²) in [6, 6.07) is 6.89. The van der Waals surface area contributed by atoms with Crippen LogP contribution in [0.4, 0.5) is 10.8 Å².